The summed E-state index contributed by atoms with van der Waals surface area (Å²) in [6.07, 6.45) is 6.80. The summed E-state index contributed by atoms with van der Waals surface area (Å²) in [5, 5.41) is 9.34. The van der Waals surface area contributed by atoms with Crippen LogP contribution in [0.15, 0.2) is 67.1 Å². The highest BCUT2D eigenvalue weighted by molar-refractivity contribution is 5.90. The lowest BCUT2D eigenvalue weighted by molar-refractivity contribution is 0.461. The molecule has 6 heteroatoms. The predicted octanol–water partition coefficient (Wildman–Crippen LogP) is 4.60. The van der Waals surface area contributed by atoms with Crippen molar-refractivity contribution in [2.75, 3.05) is 7.05 Å². The van der Waals surface area contributed by atoms with Crippen molar-refractivity contribution in [2.24, 2.45) is 0 Å². The van der Waals surface area contributed by atoms with E-state index < -0.39 is 0 Å². The van der Waals surface area contributed by atoms with Crippen molar-refractivity contribution >= 4 is 11.0 Å². The Bertz CT molecular complexity index is 1110. The molecule has 1 N–H and O–H groups in total. The van der Waals surface area contributed by atoms with Crippen LogP contribution in [0.1, 0.15) is 25.3 Å². The van der Waals surface area contributed by atoms with Crippen LogP contribution in [0.25, 0.3) is 22.3 Å². The Balaban J connectivity index is 1.47. The van der Waals surface area contributed by atoms with Gasteiger partial charge in [0.1, 0.15) is 23.5 Å². The smallest absolute Gasteiger partial charge is 0.162 e. The molecule has 2 atom stereocenters. The molecule has 1 saturated carbocycles. The van der Waals surface area contributed by atoms with Crippen LogP contribution in [-0.2, 0) is 0 Å². The Labute approximate surface area is 169 Å². The zero-order valence-corrected chi connectivity index (χ0v) is 16.3. The van der Waals surface area contributed by atoms with Crippen molar-refractivity contribution in [3.8, 4) is 22.8 Å². The summed E-state index contributed by atoms with van der Waals surface area (Å²) in [7, 11) is 2.03. The second-order valence-corrected chi connectivity index (χ2v) is 7.45. The van der Waals surface area contributed by atoms with Crippen molar-refractivity contribution in [1.29, 1.82) is 0 Å². The number of nitrogens with zero attached hydrogens (tertiary/aromatic N) is 4. The maximum Gasteiger partial charge on any atom is 0.162 e. The number of rotatable bonds is 5. The molecule has 29 heavy (non-hydrogen) atoms. The van der Waals surface area contributed by atoms with Gasteiger partial charge >= 0.3 is 0 Å². The van der Waals surface area contributed by atoms with Gasteiger partial charge in [-0.25, -0.2) is 14.6 Å². The highest BCUT2D eigenvalue weighted by atomic mass is 16.5. The average molecular weight is 385 g/mol. The van der Waals surface area contributed by atoms with Crippen molar-refractivity contribution in [2.45, 2.75) is 31.3 Å². The third kappa shape index (κ3) is 3.47. The molecule has 0 saturated heterocycles. The largest absolute Gasteiger partial charge is 0.457 e. The van der Waals surface area contributed by atoms with Gasteiger partial charge in [-0.3, -0.25) is 0 Å². The fraction of sp³-hybridized carbons (Fsp3) is 0.261. The van der Waals surface area contributed by atoms with Crippen molar-refractivity contribution in [1.82, 2.24) is 25.1 Å². The van der Waals surface area contributed by atoms with Crippen molar-refractivity contribution in [3.63, 3.8) is 0 Å². The number of hydrogen-bond acceptors (Lipinski definition) is 5. The molecule has 2 heterocycles. The minimum absolute atomic E-state index is 0.360. The maximum atomic E-state index is 5.91. The van der Waals surface area contributed by atoms with E-state index in [0.717, 1.165) is 53.1 Å². The quantitative estimate of drug-likeness (QED) is 0.544. The predicted molar refractivity (Wildman–Crippen MR) is 113 cm³/mol. The van der Waals surface area contributed by atoms with E-state index in [2.05, 4.69) is 20.0 Å². The fourth-order valence-electron chi connectivity index (χ4n) is 4.10. The summed E-state index contributed by atoms with van der Waals surface area (Å²) in [6, 6.07) is 18.7. The van der Waals surface area contributed by atoms with Crippen LogP contribution >= 0.6 is 0 Å². The van der Waals surface area contributed by atoms with Gasteiger partial charge in [-0.2, -0.15) is 5.10 Å². The average Bonchev–Trinajstić information content (AvgIpc) is 3.40. The Morgan fingerprint density at radius 1 is 1.00 bits per heavy atom. The molecule has 0 bridgehead atoms. The van der Waals surface area contributed by atoms with Gasteiger partial charge in [-0.05, 0) is 62.7 Å². The van der Waals surface area contributed by atoms with Crippen LogP contribution in [0, 0.1) is 0 Å². The van der Waals surface area contributed by atoms with Crippen LogP contribution in [0.3, 0.4) is 0 Å². The van der Waals surface area contributed by atoms with Gasteiger partial charge in [0.25, 0.3) is 0 Å². The number of para-hydroxylation sites is 1. The summed E-state index contributed by atoms with van der Waals surface area (Å²) in [4.78, 5) is 8.78. The summed E-state index contributed by atoms with van der Waals surface area (Å²) in [6.45, 7) is 0. The van der Waals surface area contributed by atoms with Gasteiger partial charge in [0.05, 0.1) is 11.4 Å². The molecular formula is C23H23N5O. The summed E-state index contributed by atoms with van der Waals surface area (Å²) < 4.78 is 8.01. The molecule has 0 amide bonds. The Morgan fingerprint density at radius 3 is 2.55 bits per heavy atom. The number of nitrogens with one attached hydrogen (secondary N) is 1. The Morgan fingerprint density at radius 2 is 1.79 bits per heavy atom. The number of fused-ring (bicyclic) bond motifs is 1. The molecule has 1 fully saturated rings. The van der Waals surface area contributed by atoms with Gasteiger partial charge in [0, 0.05) is 17.8 Å². The number of benzene rings is 2. The monoisotopic (exact) mass is 385 g/mol. The van der Waals surface area contributed by atoms with E-state index in [1.165, 1.54) is 0 Å². The zero-order valence-electron chi connectivity index (χ0n) is 16.3. The fourth-order valence-corrected chi connectivity index (χ4v) is 4.10. The first-order valence-electron chi connectivity index (χ1n) is 10.0. The van der Waals surface area contributed by atoms with E-state index in [1.807, 2.05) is 67.8 Å². The Kier molecular flexibility index (Phi) is 4.69. The second-order valence-electron chi connectivity index (χ2n) is 7.45. The first-order chi connectivity index (χ1) is 14.3. The molecule has 1 aliphatic carbocycles. The highest BCUT2D eigenvalue weighted by Crippen LogP contribution is 2.35. The molecule has 0 radical (unpaired) electrons. The van der Waals surface area contributed by atoms with Gasteiger partial charge in [0.15, 0.2) is 5.65 Å². The number of aromatic nitrogens is 4. The lowest BCUT2D eigenvalue weighted by atomic mass is 10.1. The van der Waals surface area contributed by atoms with Crippen LogP contribution in [-0.4, -0.2) is 32.8 Å². The third-order valence-corrected chi connectivity index (χ3v) is 5.64. The van der Waals surface area contributed by atoms with Gasteiger partial charge in [-0.1, -0.05) is 18.2 Å². The SMILES string of the molecule is CNC1CCC(n2nc(-c3ccc(Oc4ccccc4)cc3)c3cncnc32)C1. The Hall–Kier alpha value is -3.25. The normalized spacial score (nSPS) is 18.9. The van der Waals surface area contributed by atoms with E-state index in [0.29, 0.717) is 12.1 Å². The van der Waals surface area contributed by atoms with Gasteiger partial charge in [-0.15, -0.1) is 0 Å². The van der Waals surface area contributed by atoms with E-state index in [1.54, 1.807) is 6.33 Å². The number of hydrogen-bond donors (Lipinski definition) is 1. The van der Waals surface area contributed by atoms with Gasteiger partial charge < -0.3 is 10.1 Å². The highest BCUT2D eigenvalue weighted by Gasteiger charge is 2.28. The molecule has 4 aromatic rings. The standard InChI is InChI=1S/C23H23N5O/c1-24-17-9-10-18(13-17)28-23-21(14-25-15-26-23)22(27-28)16-7-11-20(12-8-16)29-19-5-3-2-4-6-19/h2-8,11-12,14-15,17-18,24H,9-10,13H2,1H3. The topological polar surface area (TPSA) is 64.9 Å². The lowest BCUT2D eigenvalue weighted by Crippen LogP contribution is -2.22. The molecule has 0 spiro atoms. The molecule has 1 aliphatic rings. The first-order valence-corrected chi connectivity index (χ1v) is 10.0. The van der Waals surface area contributed by atoms with Gasteiger partial charge in [0.2, 0.25) is 0 Å². The van der Waals surface area contributed by atoms with Crippen LogP contribution in [0.4, 0.5) is 0 Å². The molecule has 146 valence electrons. The number of ether oxygens (including phenoxy) is 1. The van der Waals surface area contributed by atoms with Crippen LogP contribution < -0.4 is 10.1 Å². The summed E-state index contributed by atoms with van der Waals surface area (Å²) in [5.41, 5.74) is 2.85. The molecule has 2 aromatic heterocycles. The molecule has 0 aliphatic heterocycles. The van der Waals surface area contributed by atoms with Crippen LogP contribution in [0.2, 0.25) is 0 Å². The van der Waals surface area contributed by atoms with E-state index >= 15 is 0 Å². The molecule has 6 nitrogen and oxygen atoms in total. The van der Waals surface area contributed by atoms with Crippen molar-refractivity contribution in [3.05, 3.63) is 67.1 Å². The van der Waals surface area contributed by atoms with Crippen LogP contribution in [0.5, 0.6) is 11.5 Å². The molecule has 2 aromatic carbocycles. The second kappa shape index (κ2) is 7.64. The minimum Gasteiger partial charge on any atom is -0.457 e. The minimum atomic E-state index is 0.360. The lowest BCUT2D eigenvalue weighted by Gasteiger charge is -2.12. The zero-order chi connectivity index (χ0) is 19.6. The molecule has 2 unspecified atom stereocenters. The van der Waals surface area contributed by atoms with E-state index in [9.17, 15) is 0 Å². The molecule has 5 rings (SSSR count). The summed E-state index contributed by atoms with van der Waals surface area (Å²) in [5.74, 6) is 1.62. The third-order valence-electron chi connectivity index (χ3n) is 5.64. The van der Waals surface area contributed by atoms with E-state index in [4.69, 9.17) is 9.84 Å². The van der Waals surface area contributed by atoms with Crippen molar-refractivity contribution < 1.29 is 4.74 Å². The van der Waals surface area contributed by atoms with E-state index in [-0.39, 0.29) is 0 Å². The molecular weight excluding hydrogens is 362 g/mol. The summed E-state index contributed by atoms with van der Waals surface area (Å²) >= 11 is 0. The maximum absolute atomic E-state index is 5.91. The first kappa shape index (κ1) is 17.8.